The molecule has 2 aromatic carbocycles. The van der Waals surface area contributed by atoms with Crippen molar-refractivity contribution in [3.05, 3.63) is 59.7 Å². The highest BCUT2D eigenvalue weighted by Gasteiger charge is 2.29. The van der Waals surface area contributed by atoms with E-state index in [1.165, 1.54) is 18.2 Å². The largest absolute Gasteiger partial charge is 0.504 e. The molecule has 0 unspecified atom stereocenters. The fraction of sp³-hybridized carbons (Fsp3) is 0.333. The summed E-state index contributed by atoms with van der Waals surface area (Å²) in [6, 6.07) is 14.2. The number of carbonyl (C=O) groups excluding carboxylic acids is 2. The number of piperidine rings is 1. The van der Waals surface area contributed by atoms with Gasteiger partial charge in [-0.3, -0.25) is 9.59 Å². The predicted octanol–water partition coefficient (Wildman–Crippen LogP) is 3.15. The van der Waals surface area contributed by atoms with Crippen molar-refractivity contribution in [1.82, 2.24) is 4.90 Å². The van der Waals surface area contributed by atoms with E-state index in [0.29, 0.717) is 25.9 Å². The zero-order valence-corrected chi connectivity index (χ0v) is 14.6. The Hall–Kier alpha value is -2.82. The summed E-state index contributed by atoms with van der Waals surface area (Å²) in [5, 5.41) is 19.5. The second-order valence-corrected chi connectivity index (χ2v) is 6.72. The van der Waals surface area contributed by atoms with Crippen molar-refractivity contribution in [3.63, 3.8) is 0 Å². The Morgan fingerprint density at radius 1 is 1.04 bits per heavy atom. The lowest BCUT2D eigenvalue weighted by Crippen LogP contribution is -2.42. The van der Waals surface area contributed by atoms with E-state index in [1.807, 2.05) is 30.3 Å². The highest BCUT2D eigenvalue weighted by atomic mass is 16.3. The number of hydrogen-bond donors (Lipinski definition) is 2. The summed E-state index contributed by atoms with van der Waals surface area (Å²) >= 11 is 0. The Morgan fingerprint density at radius 2 is 1.81 bits per heavy atom. The van der Waals surface area contributed by atoms with E-state index < -0.39 is 5.75 Å². The summed E-state index contributed by atoms with van der Waals surface area (Å²) in [5.41, 5.74) is 1.21. The first-order chi connectivity index (χ1) is 12.6. The molecule has 0 aliphatic carbocycles. The number of aryl methyl sites for hydroxylation is 1. The van der Waals surface area contributed by atoms with Gasteiger partial charge in [-0.15, -0.1) is 0 Å². The number of carbonyl (C=O) groups is 2. The van der Waals surface area contributed by atoms with E-state index in [1.54, 1.807) is 4.90 Å². The molecule has 26 heavy (non-hydrogen) atoms. The number of phenolic OH excluding ortho intramolecular Hbond substituents is 2. The van der Waals surface area contributed by atoms with Gasteiger partial charge >= 0.3 is 0 Å². The van der Waals surface area contributed by atoms with Crippen LogP contribution in [0.4, 0.5) is 0 Å². The number of likely N-dealkylation sites (tertiary alicyclic amines) is 1. The molecule has 5 nitrogen and oxygen atoms in total. The summed E-state index contributed by atoms with van der Waals surface area (Å²) in [5.74, 6) is -1.07. The van der Waals surface area contributed by atoms with Gasteiger partial charge in [0, 0.05) is 25.4 Å². The fourth-order valence-corrected chi connectivity index (χ4v) is 3.42. The lowest BCUT2D eigenvalue weighted by Gasteiger charge is -2.32. The maximum atomic E-state index is 12.7. The smallest absolute Gasteiger partial charge is 0.257 e. The second kappa shape index (κ2) is 8.04. The van der Waals surface area contributed by atoms with Crippen molar-refractivity contribution in [2.24, 2.45) is 5.92 Å². The van der Waals surface area contributed by atoms with Crippen LogP contribution in [-0.4, -0.2) is 39.9 Å². The molecule has 1 aliphatic rings. The van der Waals surface area contributed by atoms with Crippen molar-refractivity contribution in [2.75, 3.05) is 13.1 Å². The quantitative estimate of drug-likeness (QED) is 0.810. The molecule has 0 aromatic heterocycles. The third-order valence-electron chi connectivity index (χ3n) is 4.91. The standard InChI is InChI=1S/C21H23NO4/c23-18(12-11-15-6-2-1-3-7-15)16-8-5-13-22(14-16)21(26)17-9-4-10-19(24)20(17)25/h1-4,6-7,9-10,16,24-25H,5,8,11-14H2/t16-/m1/s1. The second-order valence-electron chi connectivity index (χ2n) is 6.72. The number of para-hydroxylation sites is 1. The number of amides is 1. The number of hydrogen-bond acceptors (Lipinski definition) is 4. The van der Waals surface area contributed by atoms with Crippen LogP contribution < -0.4 is 0 Å². The molecule has 0 radical (unpaired) electrons. The van der Waals surface area contributed by atoms with Gasteiger partial charge in [-0.25, -0.2) is 0 Å². The minimum Gasteiger partial charge on any atom is -0.504 e. The van der Waals surface area contributed by atoms with Crippen LogP contribution in [0, 0.1) is 5.92 Å². The van der Waals surface area contributed by atoms with Gasteiger partial charge in [0.2, 0.25) is 0 Å². The monoisotopic (exact) mass is 353 g/mol. The van der Waals surface area contributed by atoms with Crippen molar-refractivity contribution in [3.8, 4) is 11.5 Å². The Balaban J connectivity index is 1.62. The number of ketones is 1. The van der Waals surface area contributed by atoms with Crippen molar-refractivity contribution >= 4 is 11.7 Å². The van der Waals surface area contributed by atoms with E-state index in [0.717, 1.165) is 18.4 Å². The molecule has 3 rings (SSSR count). The number of benzene rings is 2. The summed E-state index contributed by atoms with van der Waals surface area (Å²) < 4.78 is 0. The van der Waals surface area contributed by atoms with E-state index in [2.05, 4.69) is 0 Å². The molecule has 0 bridgehead atoms. The molecule has 1 fully saturated rings. The third-order valence-corrected chi connectivity index (χ3v) is 4.91. The minimum absolute atomic E-state index is 0.0717. The van der Waals surface area contributed by atoms with Gasteiger partial charge in [0.1, 0.15) is 5.78 Å². The molecule has 0 saturated carbocycles. The highest BCUT2D eigenvalue weighted by Crippen LogP contribution is 2.30. The van der Waals surface area contributed by atoms with Gasteiger partial charge in [0.15, 0.2) is 11.5 Å². The molecule has 5 heteroatoms. The molecule has 2 aromatic rings. The molecule has 1 atom stereocenters. The van der Waals surface area contributed by atoms with Gasteiger partial charge < -0.3 is 15.1 Å². The SMILES string of the molecule is O=C(CCc1ccccc1)[C@@H]1CCCN(C(=O)c2cccc(O)c2O)C1. The first kappa shape index (κ1) is 18.0. The van der Waals surface area contributed by atoms with Gasteiger partial charge in [-0.2, -0.15) is 0 Å². The summed E-state index contributed by atoms with van der Waals surface area (Å²) in [4.78, 5) is 26.8. The van der Waals surface area contributed by atoms with E-state index >= 15 is 0 Å². The summed E-state index contributed by atoms with van der Waals surface area (Å²) in [6.07, 6.45) is 2.71. The van der Waals surface area contributed by atoms with Crippen LogP contribution >= 0.6 is 0 Å². The minimum atomic E-state index is -0.407. The maximum Gasteiger partial charge on any atom is 0.257 e. The zero-order chi connectivity index (χ0) is 18.5. The molecular weight excluding hydrogens is 330 g/mol. The summed E-state index contributed by atoms with van der Waals surface area (Å²) in [6.45, 7) is 0.915. The molecule has 0 spiro atoms. The zero-order valence-electron chi connectivity index (χ0n) is 14.6. The molecule has 1 amide bonds. The first-order valence-electron chi connectivity index (χ1n) is 8.93. The summed E-state index contributed by atoms with van der Waals surface area (Å²) in [7, 11) is 0. The van der Waals surface area contributed by atoms with Crippen LogP contribution in [0.3, 0.4) is 0 Å². The van der Waals surface area contributed by atoms with Crippen LogP contribution in [0.25, 0.3) is 0 Å². The first-order valence-corrected chi connectivity index (χ1v) is 8.93. The third kappa shape index (κ3) is 4.04. The van der Waals surface area contributed by atoms with Crippen LogP contribution in [0.1, 0.15) is 35.2 Å². The van der Waals surface area contributed by atoms with Crippen LogP contribution in [0.2, 0.25) is 0 Å². The molecule has 136 valence electrons. The Kier molecular flexibility index (Phi) is 5.56. The number of phenols is 2. The van der Waals surface area contributed by atoms with Gasteiger partial charge in [0.25, 0.3) is 5.91 Å². The number of nitrogens with zero attached hydrogens (tertiary/aromatic N) is 1. The Labute approximate surface area is 152 Å². The van der Waals surface area contributed by atoms with Gasteiger partial charge in [-0.05, 0) is 37.0 Å². The molecule has 2 N–H and O–H groups in total. The molecular formula is C21H23NO4. The van der Waals surface area contributed by atoms with E-state index in [9.17, 15) is 19.8 Å². The fourth-order valence-electron chi connectivity index (χ4n) is 3.42. The van der Waals surface area contributed by atoms with Gasteiger partial charge in [0.05, 0.1) is 5.56 Å². The highest BCUT2D eigenvalue weighted by molar-refractivity contribution is 5.98. The Morgan fingerprint density at radius 3 is 2.58 bits per heavy atom. The number of Topliss-reactive ketones (excluding diaryl/α,β-unsaturated/α-hetero) is 1. The van der Waals surface area contributed by atoms with Crippen molar-refractivity contribution < 1.29 is 19.8 Å². The lowest BCUT2D eigenvalue weighted by molar-refractivity contribution is -0.124. The molecule has 1 aliphatic heterocycles. The van der Waals surface area contributed by atoms with Crippen LogP contribution in [0.15, 0.2) is 48.5 Å². The van der Waals surface area contributed by atoms with Crippen molar-refractivity contribution in [1.29, 1.82) is 0 Å². The average Bonchev–Trinajstić information content (AvgIpc) is 2.68. The number of aromatic hydroxyl groups is 2. The maximum absolute atomic E-state index is 12.7. The van der Waals surface area contributed by atoms with E-state index in [4.69, 9.17) is 0 Å². The average molecular weight is 353 g/mol. The van der Waals surface area contributed by atoms with Crippen LogP contribution in [-0.2, 0) is 11.2 Å². The predicted molar refractivity (Wildman–Crippen MR) is 98.2 cm³/mol. The topological polar surface area (TPSA) is 77.8 Å². The normalized spacial score (nSPS) is 17.1. The molecule has 1 saturated heterocycles. The number of rotatable bonds is 5. The van der Waals surface area contributed by atoms with E-state index in [-0.39, 0.29) is 28.9 Å². The van der Waals surface area contributed by atoms with Crippen molar-refractivity contribution in [2.45, 2.75) is 25.7 Å². The van der Waals surface area contributed by atoms with Crippen LogP contribution in [0.5, 0.6) is 11.5 Å². The van der Waals surface area contributed by atoms with Gasteiger partial charge in [-0.1, -0.05) is 36.4 Å². The Bertz CT molecular complexity index is 788. The lowest BCUT2D eigenvalue weighted by atomic mass is 9.90. The molecule has 1 heterocycles.